The second kappa shape index (κ2) is 3.22. The summed E-state index contributed by atoms with van der Waals surface area (Å²) in [5.74, 6) is 0. The lowest BCUT2D eigenvalue weighted by Gasteiger charge is -1.93. The van der Waals surface area contributed by atoms with E-state index < -0.39 is 0 Å². The van der Waals surface area contributed by atoms with Crippen LogP contribution in [0.2, 0.25) is 0 Å². The molecule has 0 saturated heterocycles. The zero-order chi connectivity index (χ0) is 12.4. The van der Waals surface area contributed by atoms with Gasteiger partial charge in [-0.25, -0.2) is 0 Å². The fourth-order valence-corrected chi connectivity index (χ4v) is 4.10. The van der Waals surface area contributed by atoms with Gasteiger partial charge in [0.15, 0.2) is 12.0 Å². The summed E-state index contributed by atoms with van der Waals surface area (Å²) in [6, 6.07) is 12.8. The Labute approximate surface area is 113 Å². The molecule has 3 aromatic heterocycles. The summed E-state index contributed by atoms with van der Waals surface area (Å²) in [6.45, 7) is 0.967. The highest BCUT2D eigenvalue weighted by Crippen LogP contribution is 2.37. The Morgan fingerprint density at radius 1 is 1.16 bits per heavy atom. The number of hydrogen-bond donors (Lipinski definition) is 0. The number of rotatable bonds is 0. The largest absolute Gasteiger partial charge is 0.285 e. The van der Waals surface area contributed by atoms with E-state index in [9.17, 15) is 0 Å². The molecule has 4 aromatic rings. The highest BCUT2D eigenvalue weighted by molar-refractivity contribution is 7.23. The molecule has 0 atom stereocenters. The molecular weight excluding hydrogens is 254 g/mol. The fraction of sp³-hybridized carbons (Fsp3) is 0.0667. The van der Waals surface area contributed by atoms with Gasteiger partial charge in [-0.2, -0.15) is 4.40 Å². The molecule has 0 amide bonds. The Balaban J connectivity index is 1.97. The SMILES string of the molecule is c1ccc2c(c1)Cn1c[n+]3c(sc4cccnc43)c1-2. The third kappa shape index (κ3) is 1.12. The number of benzene rings is 1. The van der Waals surface area contributed by atoms with Crippen molar-refractivity contribution >= 4 is 26.5 Å². The zero-order valence-corrected chi connectivity index (χ0v) is 10.9. The number of hydrogen-bond acceptors (Lipinski definition) is 2. The zero-order valence-electron chi connectivity index (χ0n) is 10.1. The first-order chi connectivity index (χ1) is 9.42. The molecule has 90 valence electrons. The van der Waals surface area contributed by atoms with Gasteiger partial charge in [-0.15, -0.1) is 4.98 Å². The maximum atomic E-state index is 4.50. The predicted octanol–water partition coefficient (Wildman–Crippen LogP) is 2.87. The molecule has 0 unspecified atom stereocenters. The van der Waals surface area contributed by atoms with Gasteiger partial charge in [0.1, 0.15) is 10.9 Å². The lowest BCUT2D eigenvalue weighted by atomic mass is 10.1. The first-order valence-electron chi connectivity index (χ1n) is 6.28. The normalized spacial score (nSPS) is 13.1. The van der Waals surface area contributed by atoms with Crippen LogP contribution < -0.4 is 4.40 Å². The first kappa shape index (κ1) is 9.69. The third-order valence-corrected chi connectivity index (χ3v) is 4.88. The monoisotopic (exact) mass is 264 g/mol. The van der Waals surface area contributed by atoms with Gasteiger partial charge in [0.2, 0.25) is 4.83 Å². The first-order valence-corrected chi connectivity index (χ1v) is 7.10. The molecule has 4 heterocycles. The van der Waals surface area contributed by atoms with Crippen molar-refractivity contribution in [3.05, 3.63) is 54.5 Å². The molecule has 1 aliphatic rings. The summed E-state index contributed by atoms with van der Waals surface area (Å²) >= 11 is 1.82. The van der Waals surface area contributed by atoms with Crippen LogP contribution in [-0.4, -0.2) is 9.55 Å². The van der Waals surface area contributed by atoms with Crippen molar-refractivity contribution in [3.63, 3.8) is 0 Å². The lowest BCUT2D eigenvalue weighted by molar-refractivity contribution is -0.480. The molecule has 0 fully saturated rings. The van der Waals surface area contributed by atoms with Crippen molar-refractivity contribution in [2.24, 2.45) is 0 Å². The molecule has 1 aromatic carbocycles. The van der Waals surface area contributed by atoms with Crippen LogP contribution in [0.5, 0.6) is 0 Å². The number of pyridine rings is 1. The van der Waals surface area contributed by atoms with Crippen molar-refractivity contribution in [1.82, 2.24) is 9.55 Å². The van der Waals surface area contributed by atoms with Crippen LogP contribution in [0.15, 0.2) is 48.9 Å². The van der Waals surface area contributed by atoms with E-state index in [1.165, 1.54) is 26.4 Å². The van der Waals surface area contributed by atoms with E-state index in [0.29, 0.717) is 0 Å². The van der Waals surface area contributed by atoms with Gasteiger partial charge in [0.05, 0.1) is 6.54 Å². The van der Waals surface area contributed by atoms with Crippen molar-refractivity contribution in [3.8, 4) is 11.3 Å². The van der Waals surface area contributed by atoms with Crippen molar-refractivity contribution < 1.29 is 4.40 Å². The van der Waals surface area contributed by atoms with Gasteiger partial charge < -0.3 is 0 Å². The van der Waals surface area contributed by atoms with Crippen molar-refractivity contribution in [2.45, 2.75) is 6.54 Å². The van der Waals surface area contributed by atoms with Gasteiger partial charge in [-0.05, 0) is 17.7 Å². The quantitative estimate of drug-likeness (QED) is 0.394. The van der Waals surface area contributed by atoms with Crippen LogP contribution in [0.4, 0.5) is 0 Å². The Morgan fingerprint density at radius 2 is 2.11 bits per heavy atom. The van der Waals surface area contributed by atoms with Crippen molar-refractivity contribution in [1.29, 1.82) is 0 Å². The van der Waals surface area contributed by atoms with Gasteiger partial charge in [-0.1, -0.05) is 35.6 Å². The minimum atomic E-state index is 0.967. The minimum absolute atomic E-state index is 0.967. The Morgan fingerprint density at radius 3 is 3.11 bits per heavy atom. The van der Waals surface area contributed by atoms with E-state index >= 15 is 0 Å². The number of thiazole rings is 1. The van der Waals surface area contributed by atoms with Gasteiger partial charge >= 0.3 is 0 Å². The second-order valence-electron chi connectivity index (χ2n) is 4.85. The van der Waals surface area contributed by atoms with E-state index in [2.05, 4.69) is 50.6 Å². The molecule has 0 N–H and O–H groups in total. The maximum Gasteiger partial charge on any atom is 0.285 e. The standard InChI is InChI=1S/C15H10N3S/c1-2-5-11-10(4-1)8-17-9-18-14-12(6-3-7-16-14)19-15(18)13(11)17/h1-7,9H,8H2/q+1. The number of aromatic nitrogens is 3. The summed E-state index contributed by atoms with van der Waals surface area (Å²) in [7, 11) is 0. The van der Waals surface area contributed by atoms with E-state index in [4.69, 9.17) is 0 Å². The van der Waals surface area contributed by atoms with E-state index in [-0.39, 0.29) is 0 Å². The smallest absolute Gasteiger partial charge is 0.257 e. The topological polar surface area (TPSA) is 21.9 Å². The van der Waals surface area contributed by atoms with Gasteiger partial charge in [0.25, 0.3) is 5.65 Å². The molecule has 0 saturated carbocycles. The summed E-state index contributed by atoms with van der Waals surface area (Å²) in [5, 5.41) is 0. The van der Waals surface area contributed by atoms with Crippen LogP contribution in [0.25, 0.3) is 26.4 Å². The predicted molar refractivity (Wildman–Crippen MR) is 75.3 cm³/mol. The number of imidazole rings is 1. The average Bonchev–Trinajstić information content (AvgIpc) is 3.05. The molecule has 19 heavy (non-hydrogen) atoms. The molecule has 0 bridgehead atoms. The molecule has 1 aliphatic heterocycles. The molecule has 4 heteroatoms. The molecule has 5 rings (SSSR count). The lowest BCUT2D eigenvalue weighted by Crippen LogP contribution is -2.17. The molecule has 0 spiro atoms. The van der Waals surface area contributed by atoms with E-state index in [1.54, 1.807) is 0 Å². The van der Waals surface area contributed by atoms with Crippen LogP contribution in [-0.2, 0) is 6.54 Å². The minimum Gasteiger partial charge on any atom is -0.257 e. The average molecular weight is 264 g/mol. The van der Waals surface area contributed by atoms with Crippen LogP contribution in [0, 0.1) is 0 Å². The highest BCUT2D eigenvalue weighted by atomic mass is 32.1. The van der Waals surface area contributed by atoms with Crippen molar-refractivity contribution in [2.75, 3.05) is 0 Å². The van der Waals surface area contributed by atoms with Crippen LogP contribution in [0.3, 0.4) is 0 Å². The Kier molecular flexibility index (Phi) is 1.64. The summed E-state index contributed by atoms with van der Waals surface area (Å²) < 4.78 is 5.78. The number of nitrogens with zero attached hydrogens (tertiary/aromatic N) is 3. The maximum absolute atomic E-state index is 4.50. The van der Waals surface area contributed by atoms with E-state index in [0.717, 1.165) is 12.2 Å². The molecule has 0 radical (unpaired) electrons. The summed E-state index contributed by atoms with van der Waals surface area (Å²) in [5.41, 5.74) is 5.16. The van der Waals surface area contributed by atoms with Gasteiger partial charge in [-0.3, -0.25) is 4.57 Å². The molecule has 3 nitrogen and oxygen atoms in total. The highest BCUT2D eigenvalue weighted by Gasteiger charge is 2.28. The van der Waals surface area contributed by atoms with Crippen LogP contribution >= 0.6 is 11.3 Å². The number of fused-ring (bicyclic) bond motifs is 7. The third-order valence-electron chi connectivity index (χ3n) is 3.76. The van der Waals surface area contributed by atoms with E-state index in [1.807, 2.05) is 23.6 Å². The summed E-state index contributed by atoms with van der Waals surface area (Å²) in [6.07, 6.45) is 4.04. The Hall–Kier alpha value is -2.20. The Bertz CT molecular complexity index is 949. The molecular formula is C15H10N3S+. The second-order valence-corrected chi connectivity index (χ2v) is 5.88. The molecule has 0 aliphatic carbocycles. The van der Waals surface area contributed by atoms with Gasteiger partial charge in [0, 0.05) is 5.56 Å². The van der Waals surface area contributed by atoms with Crippen LogP contribution in [0.1, 0.15) is 5.56 Å². The summed E-state index contributed by atoms with van der Waals surface area (Å²) in [4.78, 5) is 5.79. The fourth-order valence-electron chi connectivity index (χ4n) is 2.94.